The Kier molecular flexibility index (Phi) is 5.48. The van der Waals surface area contributed by atoms with Crippen molar-refractivity contribution < 1.29 is 9.59 Å². The van der Waals surface area contributed by atoms with Crippen molar-refractivity contribution in [1.82, 2.24) is 10.7 Å². The number of nitrogens with one attached hydrogen (secondary N) is 2. The smallest absolute Gasteiger partial charge is 0.257 e. The van der Waals surface area contributed by atoms with E-state index in [1.165, 1.54) is 18.7 Å². The summed E-state index contributed by atoms with van der Waals surface area (Å²) in [6, 6.07) is -0.539. The molecular formula is C6H13N3O2S. The normalized spacial score (nSPS) is 11.9. The van der Waals surface area contributed by atoms with Crippen LogP contribution in [-0.4, -0.2) is 29.9 Å². The van der Waals surface area contributed by atoms with E-state index in [4.69, 9.17) is 5.84 Å². The highest BCUT2D eigenvalue weighted by atomic mass is 32.2. The molecule has 70 valence electrons. The fraction of sp³-hybridized carbons (Fsp3) is 0.667. The number of nitrogens with two attached hydrogens (primary N) is 1. The molecule has 2 amide bonds. The van der Waals surface area contributed by atoms with Crippen molar-refractivity contribution in [1.29, 1.82) is 0 Å². The predicted molar refractivity (Wildman–Crippen MR) is 48.3 cm³/mol. The number of thioether (sulfide) groups is 1. The van der Waals surface area contributed by atoms with Crippen LogP contribution in [0.5, 0.6) is 0 Å². The van der Waals surface area contributed by atoms with Gasteiger partial charge in [-0.2, -0.15) is 11.8 Å². The molecule has 0 bridgehead atoms. The molecule has 0 aliphatic carbocycles. The van der Waals surface area contributed by atoms with E-state index in [9.17, 15) is 9.59 Å². The van der Waals surface area contributed by atoms with Crippen molar-refractivity contribution in [2.24, 2.45) is 5.84 Å². The molecular weight excluding hydrogens is 178 g/mol. The van der Waals surface area contributed by atoms with Gasteiger partial charge in [-0.15, -0.1) is 0 Å². The van der Waals surface area contributed by atoms with Crippen molar-refractivity contribution in [2.45, 2.75) is 13.0 Å². The maximum absolute atomic E-state index is 11.0. The third-order valence-corrected chi connectivity index (χ3v) is 1.84. The Hall–Kier alpha value is -0.750. The lowest BCUT2D eigenvalue weighted by atomic mass is 10.3. The van der Waals surface area contributed by atoms with Gasteiger partial charge in [0, 0.05) is 12.7 Å². The van der Waals surface area contributed by atoms with Gasteiger partial charge < -0.3 is 5.32 Å². The first-order chi connectivity index (χ1) is 5.61. The molecule has 0 radical (unpaired) electrons. The van der Waals surface area contributed by atoms with Gasteiger partial charge in [0.25, 0.3) is 5.91 Å². The summed E-state index contributed by atoms with van der Waals surface area (Å²) >= 11 is 1.46. The third kappa shape index (κ3) is 4.20. The summed E-state index contributed by atoms with van der Waals surface area (Å²) in [6.07, 6.45) is 1.85. The van der Waals surface area contributed by atoms with Crippen LogP contribution in [0, 0.1) is 0 Å². The Morgan fingerprint density at radius 2 is 2.17 bits per heavy atom. The summed E-state index contributed by atoms with van der Waals surface area (Å²) < 4.78 is 0. The van der Waals surface area contributed by atoms with Gasteiger partial charge in [-0.1, -0.05) is 0 Å². The van der Waals surface area contributed by atoms with Crippen LogP contribution in [0.25, 0.3) is 0 Å². The highest BCUT2D eigenvalue weighted by molar-refractivity contribution is 7.98. The van der Waals surface area contributed by atoms with E-state index >= 15 is 0 Å². The molecule has 4 N–H and O–H groups in total. The second-order valence-corrected chi connectivity index (χ2v) is 3.13. The molecule has 6 heteroatoms. The maximum Gasteiger partial charge on any atom is 0.257 e. The number of rotatable bonds is 4. The molecule has 0 aromatic carbocycles. The van der Waals surface area contributed by atoms with Crippen LogP contribution in [0.4, 0.5) is 0 Å². The fourth-order valence-electron chi connectivity index (χ4n) is 0.696. The van der Waals surface area contributed by atoms with Gasteiger partial charge >= 0.3 is 0 Å². The van der Waals surface area contributed by atoms with Gasteiger partial charge in [0.05, 0.1) is 0 Å². The number of amides is 2. The van der Waals surface area contributed by atoms with Crippen LogP contribution in [0.15, 0.2) is 0 Å². The molecule has 0 fully saturated rings. The fourth-order valence-corrected chi connectivity index (χ4v) is 1.26. The van der Waals surface area contributed by atoms with Gasteiger partial charge in [0.2, 0.25) is 5.91 Å². The first kappa shape index (κ1) is 11.2. The number of carbonyl (C=O) groups excluding carboxylic acids is 2. The van der Waals surface area contributed by atoms with Gasteiger partial charge in [0.15, 0.2) is 0 Å². The second kappa shape index (κ2) is 5.84. The zero-order valence-electron chi connectivity index (χ0n) is 7.09. The molecule has 12 heavy (non-hydrogen) atoms. The zero-order chi connectivity index (χ0) is 9.56. The number of hydrogen-bond acceptors (Lipinski definition) is 4. The van der Waals surface area contributed by atoms with Crippen molar-refractivity contribution in [3.8, 4) is 0 Å². The topological polar surface area (TPSA) is 84.2 Å². The molecule has 1 atom stereocenters. The van der Waals surface area contributed by atoms with Gasteiger partial charge in [-0.05, 0) is 6.26 Å². The van der Waals surface area contributed by atoms with Crippen LogP contribution < -0.4 is 16.6 Å². The van der Waals surface area contributed by atoms with Crippen LogP contribution in [0.3, 0.4) is 0 Å². The van der Waals surface area contributed by atoms with Crippen molar-refractivity contribution in [3.05, 3.63) is 0 Å². The molecule has 0 unspecified atom stereocenters. The van der Waals surface area contributed by atoms with Crippen LogP contribution >= 0.6 is 11.8 Å². The van der Waals surface area contributed by atoms with Gasteiger partial charge in [-0.3, -0.25) is 15.0 Å². The van der Waals surface area contributed by atoms with E-state index in [0.717, 1.165) is 0 Å². The van der Waals surface area contributed by atoms with Gasteiger partial charge in [-0.25, -0.2) is 5.84 Å². The molecule has 5 nitrogen and oxygen atoms in total. The summed E-state index contributed by atoms with van der Waals surface area (Å²) in [5.74, 6) is 4.82. The van der Waals surface area contributed by atoms with E-state index in [1.54, 1.807) is 0 Å². The Morgan fingerprint density at radius 3 is 2.50 bits per heavy atom. The molecule has 0 aliphatic rings. The molecule has 0 aromatic rings. The molecule has 0 aliphatic heterocycles. The average Bonchev–Trinajstić information content (AvgIpc) is 2.01. The second-order valence-electron chi connectivity index (χ2n) is 2.22. The van der Waals surface area contributed by atoms with E-state index < -0.39 is 6.04 Å². The van der Waals surface area contributed by atoms with Crippen LogP contribution in [0.2, 0.25) is 0 Å². The van der Waals surface area contributed by atoms with Gasteiger partial charge in [0.1, 0.15) is 6.04 Å². The summed E-state index contributed by atoms with van der Waals surface area (Å²) in [5, 5.41) is 2.48. The molecule has 0 saturated carbocycles. The Bertz CT molecular complexity index is 174. The standard InChI is InChI=1S/C6H13N3O2S/c1-4(10)8-5(3-12-2)6(11)9-7/h5H,3,7H2,1-2H3,(H,8,10)(H,9,11)/t5-/m0/s1. The summed E-state index contributed by atoms with van der Waals surface area (Å²) in [7, 11) is 0. The van der Waals surface area contributed by atoms with Crippen LogP contribution in [-0.2, 0) is 9.59 Å². The van der Waals surface area contributed by atoms with Crippen molar-refractivity contribution in [3.63, 3.8) is 0 Å². The van der Waals surface area contributed by atoms with E-state index in [-0.39, 0.29) is 11.8 Å². The van der Waals surface area contributed by atoms with Crippen molar-refractivity contribution in [2.75, 3.05) is 12.0 Å². The van der Waals surface area contributed by atoms with E-state index in [2.05, 4.69) is 5.32 Å². The van der Waals surface area contributed by atoms with E-state index in [0.29, 0.717) is 5.75 Å². The number of hydrazine groups is 1. The predicted octanol–water partition coefficient (Wildman–Crippen LogP) is -1.16. The number of hydrogen-bond donors (Lipinski definition) is 3. The number of carbonyl (C=O) groups is 2. The summed E-state index contributed by atoms with van der Waals surface area (Å²) in [6.45, 7) is 1.36. The summed E-state index contributed by atoms with van der Waals surface area (Å²) in [4.78, 5) is 21.6. The third-order valence-electron chi connectivity index (χ3n) is 1.17. The minimum absolute atomic E-state index is 0.238. The lowest BCUT2D eigenvalue weighted by Crippen LogP contribution is -2.49. The molecule has 0 spiro atoms. The Labute approximate surface area is 75.4 Å². The zero-order valence-corrected chi connectivity index (χ0v) is 7.90. The molecule has 0 saturated heterocycles. The maximum atomic E-state index is 11.0. The lowest BCUT2D eigenvalue weighted by Gasteiger charge is -2.13. The SMILES string of the molecule is CSC[C@H](NC(C)=O)C(=O)NN. The Balaban J connectivity index is 4.02. The summed E-state index contributed by atoms with van der Waals surface area (Å²) in [5.41, 5.74) is 1.99. The highest BCUT2D eigenvalue weighted by Crippen LogP contribution is 1.96. The minimum Gasteiger partial charge on any atom is -0.344 e. The van der Waals surface area contributed by atoms with Crippen molar-refractivity contribution >= 4 is 23.6 Å². The largest absolute Gasteiger partial charge is 0.344 e. The van der Waals surface area contributed by atoms with Crippen LogP contribution in [0.1, 0.15) is 6.92 Å². The minimum atomic E-state index is -0.539. The first-order valence-corrected chi connectivity index (χ1v) is 4.77. The molecule has 0 aromatic heterocycles. The quantitative estimate of drug-likeness (QED) is 0.297. The monoisotopic (exact) mass is 191 g/mol. The average molecular weight is 191 g/mol. The lowest BCUT2D eigenvalue weighted by molar-refractivity contribution is -0.127. The Morgan fingerprint density at radius 1 is 1.58 bits per heavy atom. The highest BCUT2D eigenvalue weighted by Gasteiger charge is 2.16. The van der Waals surface area contributed by atoms with E-state index in [1.807, 2.05) is 11.7 Å². The first-order valence-electron chi connectivity index (χ1n) is 3.38. The molecule has 0 heterocycles. The molecule has 0 rings (SSSR count).